The van der Waals surface area contributed by atoms with Crippen molar-refractivity contribution in [2.75, 3.05) is 26.2 Å². The molecule has 0 bridgehead atoms. The zero-order chi connectivity index (χ0) is 14.4. The molecule has 2 N–H and O–H groups in total. The number of amides is 2. The molecule has 114 valence electrons. The lowest BCUT2D eigenvalue weighted by molar-refractivity contribution is -0.146. The van der Waals surface area contributed by atoms with Crippen molar-refractivity contribution in [1.29, 1.82) is 0 Å². The Hall–Kier alpha value is -1.10. The monoisotopic (exact) mass is 281 g/mol. The van der Waals surface area contributed by atoms with E-state index in [1.807, 2.05) is 6.92 Å². The van der Waals surface area contributed by atoms with Gasteiger partial charge in [-0.3, -0.25) is 9.59 Å². The van der Waals surface area contributed by atoms with Gasteiger partial charge in [0.1, 0.15) is 0 Å². The zero-order valence-corrected chi connectivity index (χ0v) is 12.5. The molecule has 0 aromatic rings. The molecule has 0 aromatic heterocycles. The zero-order valence-electron chi connectivity index (χ0n) is 12.5. The summed E-state index contributed by atoms with van der Waals surface area (Å²) in [7, 11) is 0. The molecule has 1 unspecified atom stereocenters. The normalized spacial score (nSPS) is 22.9. The van der Waals surface area contributed by atoms with Crippen LogP contribution in [-0.4, -0.2) is 48.9 Å². The maximum Gasteiger partial charge on any atom is 0.311 e. The molecule has 2 aliphatic rings. The molecule has 1 saturated carbocycles. The van der Waals surface area contributed by atoms with Crippen molar-refractivity contribution in [2.24, 2.45) is 5.92 Å². The lowest BCUT2D eigenvalue weighted by atomic mass is 9.84. The van der Waals surface area contributed by atoms with Gasteiger partial charge in [0.15, 0.2) is 0 Å². The molecule has 0 radical (unpaired) electrons. The Morgan fingerprint density at radius 3 is 2.60 bits per heavy atom. The maximum absolute atomic E-state index is 12.2. The maximum atomic E-state index is 12.2. The third-order valence-corrected chi connectivity index (χ3v) is 4.54. The summed E-state index contributed by atoms with van der Waals surface area (Å²) in [6, 6.07) is 0.108. The van der Waals surface area contributed by atoms with E-state index < -0.39 is 5.91 Å². The number of rotatable bonds is 2. The number of nitrogens with zero attached hydrogens (tertiary/aromatic N) is 1. The fraction of sp³-hybridized carbons (Fsp3) is 0.867. The first-order valence-corrected chi connectivity index (χ1v) is 7.99. The van der Waals surface area contributed by atoms with Crippen LogP contribution in [0.25, 0.3) is 0 Å². The van der Waals surface area contributed by atoms with Crippen molar-refractivity contribution < 1.29 is 9.59 Å². The Balaban J connectivity index is 1.81. The van der Waals surface area contributed by atoms with Crippen molar-refractivity contribution in [3.63, 3.8) is 0 Å². The summed E-state index contributed by atoms with van der Waals surface area (Å²) in [6.07, 6.45) is 7.05. The molecule has 1 saturated heterocycles. The highest BCUT2D eigenvalue weighted by molar-refractivity contribution is 6.35. The van der Waals surface area contributed by atoms with Crippen LogP contribution >= 0.6 is 0 Å². The molecular formula is C15H27N3O2. The minimum absolute atomic E-state index is 0.108. The van der Waals surface area contributed by atoms with Crippen LogP contribution in [0.4, 0.5) is 0 Å². The summed E-state index contributed by atoms with van der Waals surface area (Å²) in [4.78, 5) is 25.9. The van der Waals surface area contributed by atoms with Gasteiger partial charge in [-0.1, -0.05) is 19.3 Å². The first kappa shape index (κ1) is 15.3. The van der Waals surface area contributed by atoms with Crippen LogP contribution in [0.1, 0.15) is 45.4 Å². The average molecular weight is 281 g/mol. The van der Waals surface area contributed by atoms with E-state index >= 15 is 0 Å². The van der Waals surface area contributed by atoms with Gasteiger partial charge in [0, 0.05) is 25.7 Å². The van der Waals surface area contributed by atoms with Crippen molar-refractivity contribution in [3.05, 3.63) is 0 Å². The summed E-state index contributed by atoms with van der Waals surface area (Å²) in [5.74, 6) is -0.257. The lowest BCUT2D eigenvalue weighted by Gasteiger charge is -2.29. The van der Waals surface area contributed by atoms with Crippen LogP contribution in [0.5, 0.6) is 0 Å². The van der Waals surface area contributed by atoms with Crippen molar-refractivity contribution in [3.8, 4) is 0 Å². The highest BCUT2D eigenvalue weighted by Crippen LogP contribution is 2.26. The Morgan fingerprint density at radius 2 is 1.85 bits per heavy atom. The molecule has 1 heterocycles. The molecule has 0 aromatic carbocycles. The van der Waals surface area contributed by atoms with Crippen LogP contribution in [0.3, 0.4) is 0 Å². The smallest absolute Gasteiger partial charge is 0.311 e. The van der Waals surface area contributed by atoms with Crippen LogP contribution in [0, 0.1) is 5.92 Å². The molecule has 5 heteroatoms. The van der Waals surface area contributed by atoms with Crippen LogP contribution in [0.2, 0.25) is 0 Å². The second kappa shape index (κ2) is 7.62. The fourth-order valence-electron chi connectivity index (χ4n) is 3.21. The van der Waals surface area contributed by atoms with Crippen LogP contribution < -0.4 is 10.6 Å². The fourth-order valence-corrected chi connectivity index (χ4v) is 3.21. The lowest BCUT2D eigenvalue weighted by Crippen LogP contribution is -2.48. The number of carbonyl (C=O) groups is 2. The Kier molecular flexibility index (Phi) is 5.83. The summed E-state index contributed by atoms with van der Waals surface area (Å²) in [6.45, 7) is 5.04. The van der Waals surface area contributed by atoms with Crippen molar-refractivity contribution in [1.82, 2.24) is 15.5 Å². The molecule has 1 aliphatic heterocycles. The van der Waals surface area contributed by atoms with Gasteiger partial charge in [-0.05, 0) is 38.6 Å². The van der Waals surface area contributed by atoms with Gasteiger partial charge in [0.2, 0.25) is 0 Å². The highest BCUT2D eigenvalue weighted by atomic mass is 16.2. The average Bonchev–Trinajstić information content (AvgIpc) is 2.76. The number of hydrogen-bond donors (Lipinski definition) is 2. The topological polar surface area (TPSA) is 61.4 Å². The molecule has 2 amide bonds. The van der Waals surface area contributed by atoms with Crippen LogP contribution in [-0.2, 0) is 9.59 Å². The minimum Gasteiger partial charge on any atom is -0.345 e. The standard InChI is InChI=1S/C15H27N3O2/c1-12(13-6-3-2-4-7-13)17-14(19)15(20)18-10-5-8-16-9-11-18/h12-13,16H,2-11H2,1H3,(H,17,19). The second-order valence-electron chi connectivity index (χ2n) is 6.06. The minimum atomic E-state index is -0.426. The van der Waals surface area contributed by atoms with Gasteiger partial charge >= 0.3 is 11.8 Å². The number of hydrogen-bond acceptors (Lipinski definition) is 3. The third-order valence-electron chi connectivity index (χ3n) is 4.54. The molecule has 0 spiro atoms. The predicted molar refractivity (Wildman–Crippen MR) is 78.2 cm³/mol. The molecule has 1 atom stereocenters. The number of nitrogens with one attached hydrogen (secondary N) is 2. The van der Waals surface area contributed by atoms with Gasteiger partial charge in [0.25, 0.3) is 0 Å². The molecule has 2 rings (SSSR count). The second-order valence-corrected chi connectivity index (χ2v) is 6.06. The summed E-state index contributed by atoms with van der Waals surface area (Å²) < 4.78 is 0. The highest BCUT2D eigenvalue weighted by Gasteiger charge is 2.27. The van der Waals surface area contributed by atoms with E-state index in [2.05, 4.69) is 10.6 Å². The molecule has 20 heavy (non-hydrogen) atoms. The predicted octanol–water partition coefficient (Wildman–Crippen LogP) is 0.893. The summed E-state index contributed by atoms with van der Waals surface area (Å²) in [5, 5.41) is 6.15. The van der Waals surface area contributed by atoms with Gasteiger partial charge in [-0.25, -0.2) is 0 Å². The Labute approximate surface area is 121 Å². The van der Waals surface area contributed by atoms with Crippen molar-refractivity contribution >= 4 is 11.8 Å². The first-order valence-electron chi connectivity index (χ1n) is 7.99. The van der Waals surface area contributed by atoms with E-state index in [0.29, 0.717) is 19.0 Å². The van der Waals surface area contributed by atoms with E-state index in [9.17, 15) is 9.59 Å². The van der Waals surface area contributed by atoms with Gasteiger partial charge in [-0.2, -0.15) is 0 Å². The van der Waals surface area contributed by atoms with E-state index in [0.717, 1.165) is 19.5 Å². The molecule has 5 nitrogen and oxygen atoms in total. The van der Waals surface area contributed by atoms with E-state index in [4.69, 9.17) is 0 Å². The first-order chi connectivity index (χ1) is 9.68. The molecular weight excluding hydrogens is 254 g/mol. The van der Waals surface area contributed by atoms with Gasteiger partial charge in [0.05, 0.1) is 0 Å². The third kappa shape index (κ3) is 4.20. The number of carbonyl (C=O) groups excluding carboxylic acids is 2. The van der Waals surface area contributed by atoms with Crippen molar-refractivity contribution in [2.45, 2.75) is 51.5 Å². The van der Waals surface area contributed by atoms with Gasteiger partial charge in [-0.15, -0.1) is 0 Å². The summed E-state index contributed by atoms with van der Waals surface area (Å²) in [5.41, 5.74) is 0. The molecule has 2 fully saturated rings. The van der Waals surface area contributed by atoms with E-state index in [1.54, 1.807) is 4.90 Å². The Morgan fingerprint density at radius 1 is 1.10 bits per heavy atom. The van der Waals surface area contributed by atoms with E-state index in [-0.39, 0.29) is 11.9 Å². The van der Waals surface area contributed by atoms with E-state index in [1.165, 1.54) is 32.1 Å². The Bertz CT molecular complexity index is 332. The SMILES string of the molecule is CC(NC(=O)C(=O)N1CCCNCC1)C1CCCCC1. The quantitative estimate of drug-likeness (QED) is 0.739. The van der Waals surface area contributed by atoms with Gasteiger partial charge < -0.3 is 15.5 Å². The largest absolute Gasteiger partial charge is 0.345 e. The summed E-state index contributed by atoms with van der Waals surface area (Å²) >= 11 is 0. The molecule has 1 aliphatic carbocycles. The van der Waals surface area contributed by atoms with Crippen LogP contribution in [0.15, 0.2) is 0 Å².